The molecule has 2 amide bonds. The SMILES string of the molecule is NC(N)=NCCC[C@H](NCc1cccs1)C(=O)NC(=O)C(c1ccccc1)c1ccccc1. The molecule has 0 fully saturated rings. The second kappa shape index (κ2) is 12.5. The summed E-state index contributed by atoms with van der Waals surface area (Å²) in [6, 6.07) is 22.3. The second-order valence-electron chi connectivity index (χ2n) is 7.57. The summed E-state index contributed by atoms with van der Waals surface area (Å²) in [5.74, 6) is -1.29. The molecule has 6 N–H and O–H groups in total. The highest BCUT2D eigenvalue weighted by atomic mass is 32.1. The van der Waals surface area contributed by atoms with E-state index in [2.05, 4.69) is 15.6 Å². The number of aliphatic imine (C=N–C) groups is 1. The third-order valence-electron chi connectivity index (χ3n) is 5.14. The first-order valence-corrected chi connectivity index (χ1v) is 11.7. The minimum Gasteiger partial charge on any atom is -0.370 e. The molecule has 0 aliphatic heterocycles. The van der Waals surface area contributed by atoms with Crippen LogP contribution in [-0.4, -0.2) is 30.4 Å². The molecular formula is C25H29N5O2S. The molecule has 0 aliphatic carbocycles. The smallest absolute Gasteiger partial charge is 0.243 e. The van der Waals surface area contributed by atoms with Gasteiger partial charge in [0.1, 0.15) is 0 Å². The molecule has 172 valence electrons. The van der Waals surface area contributed by atoms with E-state index in [0.717, 1.165) is 16.0 Å². The summed E-state index contributed by atoms with van der Waals surface area (Å²) in [6.07, 6.45) is 1.09. The van der Waals surface area contributed by atoms with Crippen molar-refractivity contribution < 1.29 is 9.59 Å². The van der Waals surface area contributed by atoms with E-state index in [1.165, 1.54) is 0 Å². The first-order valence-electron chi connectivity index (χ1n) is 10.8. The largest absolute Gasteiger partial charge is 0.370 e. The Kier molecular flexibility index (Phi) is 9.17. The van der Waals surface area contributed by atoms with Crippen LogP contribution in [0.5, 0.6) is 0 Å². The first-order chi connectivity index (χ1) is 16.0. The summed E-state index contributed by atoms with van der Waals surface area (Å²) in [5.41, 5.74) is 12.4. The van der Waals surface area contributed by atoms with Gasteiger partial charge in [-0.3, -0.25) is 19.9 Å². The predicted molar refractivity (Wildman–Crippen MR) is 133 cm³/mol. The fourth-order valence-corrected chi connectivity index (χ4v) is 4.19. The fraction of sp³-hybridized carbons (Fsp3) is 0.240. The summed E-state index contributed by atoms with van der Waals surface area (Å²) < 4.78 is 0. The molecule has 0 radical (unpaired) electrons. The number of hydrogen-bond donors (Lipinski definition) is 4. The van der Waals surface area contributed by atoms with E-state index >= 15 is 0 Å². The molecule has 8 heteroatoms. The van der Waals surface area contributed by atoms with E-state index in [0.29, 0.717) is 25.9 Å². The van der Waals surface area contributed by atoms with E-state index in [-0.39, 0.29) is 17.8 Å². The third kappa shape index (κ3) is 7.55. The van der Waals surface area contributed by atoms with E-state index in [4.69, 9.17) is 11.5 Å². The number of carbonyl (C=O) groups excluding carboxylic acids is 2. The Labute approximate surface area is 197 Å². The first kappa shape index (κ1) is 24.2. The lowest BCUT2D eigenvalue weighted by molar-refractivity contribution is -0.132. The van der Waals surface area contributed by atoms with Crippen molar-refractivity contribution in [3.8, 4) is 0 Å². The van der Waals surface area contributed by atoms with Crippen LogP contribution in [-0.2, 0) is 16.1 Å². The number of nitrogens with one attached hydrogen (secondary N) is 2. The standard InChI is InChI=1S/C25H29N5O2S/c26-25(27)28-15-7-14-21(29-17-20-13-8-16-33-20)23(31)30-24(32)22(18-9-3-1-4-10-18)19-11-5-2-6-12-19/h1-6,8-13,16,21-22,29H,7,14-15,17H2,(H4,26,27,28)(H,30,31,32)/t21-/m0/s1. The van der Waals surface area contributed by atoms with Crippen LogP contribution >= 0.6 is 11.3 Å². The fourth-order valence-electron chi connectivity index (χ4n) is 3.53. The molecule has 0 saturated carbocycles. The van der Waals surface area contributed by atoms with Gasteiger partial charge in [0.2, 0.25) is 11.8 Å². The zero-order valence-electron chi connectivity index (χ0n) is 18.3. The van der Waals surface area contributed by atoms with Crippen molar-refractivity contribution in [1.29, 1.82) is 0 Å². The molecule has 0 aliphatic rings. The maximum Gasteiger partial charge on any atom is 0.243 e. The van der Waals surface area contributed by atoms with Crippen LogP contribution in [0.4, 0.5) is 0 Å². The van der Waals surface area contributed by atoms with Crippen LogP contribution in [0.25, 0.3) is 0 Å². The van der Waals surface area contributed by atoms with Crippen molar-refractivity contribution in [3.05, 3.63) is 94.2 Å². The lowest BCUT2D eigenvalue weighted by atomic mass is 9.90. The number of thiophene rings is 1. The van der Waals surface area contributed by atoms with E-state index < -0.39 is 12.0 Å². The van der Waals surface area contributed by atoms with Gasteiger partial charge in [0.05, 0.1) is 12.0 Å². The zero-order chi connectivity index (χ0) is 23.5. The monoisotopic (exact) mass is 463 g/mol. The number of rotatable bonds is 11. The van der Waals surface area contributed by atoms with Crippen LogP contribution in [0.15, 0.2) is 83.2 Å². The quantitative estimate of drug-likeness (QED) is 0.198. The summed E-state index contributed by atoms with van der Waals surface area (Å²) in [7, 11) is 0. The van der Waals surface area contributed by atoms with Crippen LogP contribution in [0.2, 0.25) is 0 Å². The summed E-state index contributed by atoms with van der Waals surface area (Å²) in [6.45, 7) is 0.949. The normalized spacial score (nSPS) is 11.7. The Morgan fingerprint density at radius 3 is 2.06 bits per heavy atom. The molecule has 0 saturated heterocycles. The van der Waals surface area contributed by atoms with Gasteiger partial charge in [0, 0.05) is 18.0 Å². The van der Waals surface area contributed by atoms with Crippen molar-refractivity contribution in [2.45, 2.75) is 31.3 Å². The number of nitrogens with two attached hydrogens (primary N) is 2. The van der Waals surface area contributed by atoms with Gasteiger partial charge in [0.15, 0.2) is 5.96 Å². The predicted octanol–water partition coefficient (Wildman–Crippen LogP) is 2.73. The number of guanidine groups is 1. The highest BCUT2D eigenvalue weighted by Crippen LogP contribution is 2.24. The van der Waals surface area contributed by atoms with Gasteiger partial charge in [-0.15, -0.1) is 11.3 Å². The van der Waals surface area contributed by atoms with Crippen LogP contribution < -0.4 is 22.1 Å². The van der Waals surface area contributed by atoms with Gasteiger partial charge in [-0.05, 0) is 35.4 Å². The van der Waals surface area contributed by atoms with Gasteiger partial charge < -0.3 is 16.8 Å². The number of carbonyl (C=O) groups is 2. The number of amides is 2. The van der Waals surface area contributed by atoms with Crippen molar-refractivity contribution in [2.75, 3.05) is 6.54 Å². The van der Waals surface area contributed by atoms with Crippen molar-refractivity contribution in [3.63, 3.8) is 0 Å². The molecule has 1 heterocycles. The average molecular weight is 464 g/mol. The molecule has 1 atom stereocenters. The Bertz CT molecular complexity index is 996. The topological polar surface area (TPSA) is 123 Å². The number of nitrogens with zero attached hydrogens (tertiary/aromatic N) is 1. The molecule has 1 aromatic heterocycles. The highest BCUT2D eigenvalue weighted by molar-refractivity contribution is 7.09. The van der Waals surface area contributed by atoms with Crippen molar-refractivity contribution >= 4 is 29.1 Å². The molecule has 33 heavy (non-hydrogen) atoms. The van der Waals surface area contributed by atoms with Crippen LogP contribution in [0.1, 0.15) is 34.8 Å². The molecule has 0 bridgehead atoms. The van der Waals surface area contributed by atoms with Gasteiger partial charge in [-0.1, -0.05) is 66.7 Å². The van der Waals surface area contributed by atoms with Gasteiger partial charge in [-0.25, -0.2) is 0 Å². The Hall–Kier alpha value is -3.49. The van der Waals surface area contributed by atoms with Crippen LogP contribution in [0.3, 0.4) is 0 Å². The second-order valence-corrected chi connectivity index (χ2v) is 8.60. The van der Waals surface area contributed by atoms with Gasteiger partial charge in [-0.2, -0.15) is 0 Å². The zero-order valence-corrected chi connectivity index (χ0v) is 19.1. The number of imide groups is 1. The molecule has 0 unspecified atom stereocenters. The lowest BCUT2D eigenvalue weighted by Crippen LogP contribution is -2.47. The van der Waals surface area contributed by atoms with Crippen molar-refractivity contribution in [1.82, 2.24) is 10.6 Å². The maximum absolute atomic E-state index is 13.3. The minimum atomic E-state index is -0.587. The summed E-state index contributed by atoms with van der Waals surface area (Å²) in [4.78, 5) is 31.5. The molecular weight excluding hydrogens is 434 g/mol. The summed E-state index contributed by atoms with van der Waals surface area (Å²) in [5, 5.41) is 7.89. The minimum absolute atomic E-state index is 0.0197. The Morgan fingerprint density at radius 2 is 1.52 bits per heavy atom. The molecule has 3 rings (SSSR count). The third-order valence-corrected chi connectivity index (χ3v) is 6.02. The molecule has 3 aromatic rings. The molecule has 2 aromatic carbocycles. The highest BCUT2D eigenvalue weighted by Gasteiger charge is 2.27. The molecule has 0 spiro atoms. The number of benzene rings is 2. The van der Waals surface area contributed by atoms with E-state index in [1.54, 1.807) is 11.3 Å². The Balaban J connectivity index is 1.73. The number of hydrogen-bond acceptors (Lipinski definition) is 5. The lowest BCUT2D eigenvalue weighted by Gasteiger charge is -2.21. The van der Waals surface area contributed by atoms with E-state index in [1.807, 2.05) is 78.2 Å². The Morgan fingerprint density at radius 1 is 0.879 bits per heavy atom. The molecule has 7 nitrogen and oxygen atoms in total. The van der Waals surface area contributed by atoms with Gasteiger partial charge in [0.25, 0.3) is 0 Å². The van der Waals surface area contributed by atoms with E-state index in [9.17, 15) is 9.59 Å². The van der Waals surface area contributed by atoms with Crippen molar-refractivity contribution in [2.24, 2.45) is 16.5 Å². The summed E-state index contributed by atoms with van der Waals surface area (Å²) >= 11 is 1.61. The maximum atomic E-state index is 13.3. The average Bonchev–Trinajstić information content (AvgIpc) is 3.33. The van der Waals surface area contributed by atoms with Gasteiger partial charge >= 0.3 is 0 Å². The van der Waals surface area contributed by atoms with Crippen LogP contribution in [0, 0.1) is 0 Å².